The summed E-state index contributed by atoms with van der Waals surface area (Å²) in [6.45, 7) is 0. The molecule has 1 aromatic carbocycles. The highest BCUT2D eigenvalue weighted by atomic mass is 35.5. The SMILES string of the molecule is ClC=Cc1cccc2c1POO2. The van der Waals surface area contributed by atoms with Crippen LogP contribution in [0.1, 0.15) is 5.56 Å². The van der Waals surface area contributed by atoms with Crippen LogP contribution in [-0.4, -0.2) is 0 Å². The zero-order valence-corrected chi connectivity index (χ0v) is 7.84. The summed E-state index contributed by atoms with van der Waals surface area (Å²) >= 11 is 5.48. The Morgan fingerprint density at radius 2 is 2.33 bits per heavy atom. The summed E-state index contributed by atoms with van der Waals surface area (Å²) in [5.74, 6) is 0.792. The quantitative estimate of drug-likeness (QED) is 0.512. The van der Waals surface area contributed by atoms with Crippen molar-refractivity contribution in [1.29, 1.82) is 0 Å². The highest BCUT2D eigenvalue weighted by molar-refractivity contribution is 7.42. The second kappa shape index (κ2) is 3.44. The lowest BCUT2D eigenvalue weighted by molar-refractivity contribution is -0.0731. The highest BCUT2D eigenvalue weighted by Gasteiger charge is 2.15. The van der Waals surface area contributed by atoms with Crippen LogP contribution in [0.15, 0.2) is 23.7 Å². The second-order valence-corrected chi connectivity index (χ2v) is 3.40. The van der Waals surface area contributed by atoms with Crippen LogP contribution in [0, 0.1) is 0 Å². The number of halogens is 1. The number of hydrogen-bond donors (Lipinski definition) is 0. The maximum atomic E-state index is 5.48. The van der Waals surface area contributed by atoms with Crippen LogP contribution in [0.3, 0.4) is 0 Å². The largest absolute Gasteiger partial charge is 0.333 e. The summed E-state index contributed by atoms with van der Waals surface area (Å²) in [4.78, 5) is 4.92. The molecule has 1 aromatic rings. The minimum Gasteiger partial charge on any atom is -0.333 e. The third kappa shape index (κ3) is 1.34. The third-order valence-corrected chi connectivity index (χ3v) is 2.61. The minimum atomic E-state index is 0.256. The molecule has 1 atom stereocenters. The smallest absolute Gasteiger partial charge is 0.176 e. The normalized spacial score (nSPS) is 16.8. The molecule has 1 aliphatic heterocycles. The lowest BCUT2D eigenvalue weighted by Gasteiger charge is -1.96. The van der Waals surface area contributed by atoms with E-state index >= 15 is 0 Å². The second-order valence-electron chi connectivity index (χ2n) is 2.28. The number of rotatable bonds is 1. The molecule has 0 amide bonds. The van der Waals surface area contributed by atoms with Gasteiger partial charge in [0.05, 0.1) is 5.30 Å². The van der Waals surface area contributed by atoms with E-state index in [0.717, 1.165) is 16.6 Å². The average Bonchev–Trinajstić information content (AvgIpc) is 2.53. The van der Waals surface area contributed by atoms with Gasteiger partial charge in [0, 0.05) is 5.54 Å². The fourth-order valence-electron chi connectivity index (χ4n) is 1.04. The van der Waals surface area contributed by atoms with Gasteiger partial charge in [-0.1, -0.05) is 23.7 Å². The van der Waals surface area contributed by atoms with Crippen molar-refractivity contribution >= 4 is 31.8 Å². The molecule has 0 fully saturated rings. The fraction of sp³-hybridized carbons (Fsp3) is 0. The summed E-state index contributed by atoms with van der Waals surface area (Å²) in [5.41, 5.74) is 2.54. The summed E-state index contributed by atoms with van der Waals surface area (Å²) in [7, 11) is 0.256. The standard InChI is InChI=1S/C8H6ClO2P/c9-5-4-6-2-1-3-7-8(6)12-11-10-7/h1-5,12H. The van der Waals surface area contributed by atoms with Gasteiger partial charge < -0.3 is 4.89 Å². The van der Waals surface area contributed by atoms with Crippen LogP contribution >= 0.6 is 20.4 Å². The predicted octanol–water partition coefficient (Wildman–Crippen LogP) is 2.44. The van der Waals surface area contributed by atoms with E-state index in [0.29, 0.717) is 0 Å². The molecule has 0 bridgehead atoms. The monoisotopic (exact) mass is 200 g/mol. The third-order valence-electron chi connectivity index (χ3n) is 1.58. The summed E-state index contributed by atoms with van der Waals surface area (Å²) < 4.78 is 4.85. The molecule has 0 aliphatic carbocycles. The Labute approximate surface area is 76.9 Å². The van der Waals surface area contributed by atoms with Crippen molar-refractivity contribution in [1.82, 2.24) is 0 Å². The summed E-state index contributed by atoms with van der Waals surface area (Å²) in [6.07, 6.45) is 1.82. The molecule has 0 spiro atoms. The maximum absolute atomic E-state index is 5.48. The van der Waals surface area contributed by atoms with E-state index in [4.69, 9.17) is 21.2 Å². The first-order chi connectivity index (χ1) is 5.92. The van der Waals surface area contributed by atoms with Crippen LogP contribution < -0.4 is 10.2 Å². The van der Waals surface area contributed by atoms with Gasteiger partial charge in [-0.15, -0.1) is 0 Å². The maximum Gasteiger partial charge on any atom is 0.176 e. The molecule has 2 nitrogen and oxygen atoms in total. The van der Waals surface area contributed by atoms with E-state index in [1.165, 1.54) is 5.54 Å². The van der Waals surface area contributed by atoms with Crippen molar-refractivity contribution in [3.8, 4) is 5.75 Å². The van der Waals surface area contributed by atoms with Crippen LogP contribution in [0.5, 0.6) is 5.75 Å². The molecule has 1 aliphatic rings. The van der Waals surface area contributed by atoms with E-state index in [1.54, 1.807) is 0 Å². The van der Waals surface area contributed by atoms with E-state index in [9.17, 15) is 0 Å². The first-order valence-corrected chi connectivity index (χ1v) is 4.75. The zero-order valence-electron chi connectivity index (χ0n) is 6.08. The lowest BCUT2D eigenvalue weighted by atomic mass is 10.2. The lowest BCUT2D eigenvalue weighted by Crippen LogP contribution is -1.96. The minimum absolute atomic E-state index is 0.256. The Morgan fingerprint density at radius 3 is 3.17 bits per heavy atom. The first-order valence-electron chi connectivity index (χ1n) is 3.41. The topological polar surface area (TPSA) is 18.5 Å². The Bertz CT molecular complexity index is 325. The van der Waals surface area contributed by atoms with Gasteiger partial charge in [-0.3, -0.25) is 0 Å². The van der Waals surface area contributed by atoms with E-state index in [2.05, 4.69) is 0 Å². The number of hydrogen-bond acceptors (Lipinski definition) is 2. The molecule has 0 saturated heterocycles. The van der Waals surface area contributed by atoms with Crippen LogP contribution in [-0.2, 0) is 4.67 Å². The highest BCUT2D eigenvalue weighted by Crippen LogP contribution is 2.31. The van der Waals surface area contributed by atoms with Crippen molar-refractivity contribution in [3.63, 3.8) is 0 Å². The van der Waals surface area contributed by atoms with E-state index < -0.39 is 0 Å². The first kappa shape index (κ1) is 8.06. The Morgan fingerprint density at radius 1 is 1.42 bits per heavy atom. The van der Waals surface area contributed by atoms with Crippen LogP contribution in [0.2, 0.25) is 0 Å². The van der Waals surface area contributed by atoms with Gasteiger partial charge in [-0.2, -0.15) is 4.67 Å². The van der Waals surface area contributed by atoms with E-state index in [-0.39, 0.29) is 8.81 Å². The molecule has 1 heterocycles. The molecule has 62 valence electrons. The summed E-state index contributed by atoms with van der Waals surface area (Å²) in [6, 6.07) is 5.76. The Hall–Kier alpha value is -0.560. The molecule has 2 rings (SSSR count). The van der Waals surface area contributed by atoms with Gasteiger partial charge in [-0.25, -0.2) is 0 Å². The van der Waals surface area contributed by atoms with Gasteiger partial charge in [0.25, 0.3) is 0 Å². The van der Waals surface area contributed by atoms with Crippen molar-refractivity contribution < 1.29 is 9.56 Å². The molecular formula is C8H6ClO2P. The Balaban J connectivity index is 2.49. The Kier molecular flexibility index (Phi) is 2.31. The fourth-order valence-corrected chi connectivity index (χ4v) is 1.90. The van der Waals surface area contributed by atoms with Crippen LogP contribution in [0.4, 0.5) is 0 Å². The predicted molar refractivity (Wildman–Crippen MR) is 51.0 cm³/mol. The zero-order chi connectivity index (χ0) is 8.39. The van der Waals surface area contributed by atoms with Gasteiger partial charge in [0.1, 0.15) is 8.81 Å². The van der Waals surface area contributed by atoms with Crippen molar-refractivity contribution in [3.05, 3.63) is 29.3 Å². The van der Waals surface area contributed by atoms with Crippen molar-refractivity contribution in [2.45, 2.75) is 0 Å². The van der Waals surface area contributed by atoms with E-state index in [1.807, 2.05) is 24.3 Å². The number of benzene rings is 1. The molecular weight excluding hydrogens is 195 g/mol. The van der Waals surface area contributed by atoms with Crippen molar-refractivity contribution in [2.75, 3.05) is 0 Å². The molecule has 0 saturated carbocycles. The van der Waals surface area contributed by atoms with Crippen molar-refractivity contribution in [2.24, 2.45) is 0 Å². The molecule has 0 aromatic heterocycles. The van der Waals surface area contributed by atoms with Crippen LogP contribution in [0.25, 0.3) is 6.08 Å². The molecule has 1 unspecified atom stereocenters. The van der Waals surface area contributed by atoms with Gasteiger partial charge in [-0.05, 0) is 17.7 Å². The number of fused-ring (bicyclic) bond motifs is 1. The van der Waals surface area contributed by atoms with Gasteiger partial charge in [0.15, 0.2) is 5.75 Å². The average molecular weight is 201 g/mol. The molecule has 4 heteroatoms. The summed E-state index contributed by atoms with van der Waals surface area (Å²) in [5, 5.41) is 1.08. The van der Waals surface area contributed by atoms with Gasteiger partial charge in [0.2, 0.25) is 0 Å². The van der Waals surface area contributed by atoms with Gasteiger partial charge >= 0.3 is 0 Å². The molecule has 0 radical (unpaired) electrons. The molecule has 0 N–H and O–H groups in total. The molecule has 12 heavy (non-hydrogen) atoms.